The van der Waals surface area contributed by atoms with Crippen LogP contribution in [-0.4, -0.2) is 41.8 Å². The molecule has 0 bridgehead atoms. The van der Waals surface area contributed by atoms with Gasteiger partial charge in [-0.15, -0.1) is 0 Å². The maximum Gasteiger partial charge on any atom is 0.243 e. The van der Waals surface area contributed by atoms with Gasteiger partial charge in [-0.25, -0.2) is 15.4 Å². The van der Waals surface area contributed by atoms with Crippen LogP contribution in [0.3, 0.4) is 0 Å². The quantitative estimate of drug-likeness (QED) is 0.326. The van der Waals surface area contributed by atoms with Crippen molar-refractivity contribution in [3.05, 3.63) is 54.4 Å². The van der Waals surface area contributed by atoms with E-state index in [1.54, 1.807) is 12.6 Å². The molecule has 1 aromatic heterocycles. The highest BCUT2D eigenvalue weighted by molar-refractivity contribution is 5.91. The Kier molecular flexibility index (Phi) is 6.94. The molecule has 0 aliphatic rings. The molecular formula is C21H24N4O4. The molecule has 152 valence electrons. The second kappa shape index (κ2) is 9.81. The number of ether oxygens (including phenoxy) is 2. The van der Waals surface area contributed by atoms with Gasteiger partial charge in [0.2, 0.25) is 5.91 Å². The summed E-state index contributed by atoms with van der Waals surface area (Å²) in [7, 11) is 3.59. The molecule has 1 amide bonds. The standard InChI is InChI=1S/C21H24N4O4/c1-25(15-9-11-16(28-2)12-10-15)21-17-6-3-4-7-18(17)22-19(23-21)14-29-13-5-8-20(26)24-27/h3-4,6-7,9-12,27H,5,8,13-14H2,1-2H3,(H,24,26). The molecule has 0 fully saturated rings. The first kappa shape index (κ1) is 20.5. The summed E-state index contributed by atoms with van der Waals surface area (Å²) in [5, 5.41) is 9.44. The number of hydroxylamine groups is 1. The summed E-state index contributed by atoms with van der Waals surface area (Å²) >= 11 is 0. The van der Waals surface area contributed by atoms with Crippen molar-refractivity contribution in [2.45, 2.75) is 19.4 Å². The van der Waals surface area contributed by atoms with Crippen molar-refractivity contribution in [2.24, 2.45) is 0 Å². The summed E-state index contributed by atoms with van der Waals surface area (Å²) < 4.78 is 10.8. The van der Waals surface area contributed by atoms with Gasteiger partial charge in [-0.1, -0.05) is 12.1 Å². The van der Waals surface area contributed by atoms with Gasteiger partial charge in [0, 0.05) is 31.1 Å². The highest BCUT2D eigenvalue weighted by Crippen LogP contribution is 2.29. The van der Waals surface area contributed by atoms with E-state index in [1.807, 2.05) is 60.5 Å². The summed E-state index contributed by atoms with van der Waals surface area (Å²) in [6.07, 6.45) is 0.694. The molecular weight excluding hydrogens is 372 g/mol. The minimum atomic E-state index is -0.432. The number of hydrogen-bond acceptors (Lipinski definition) is 7. The Morgan fingerprint density at radius 2 is 1.90 bits per heavy atom. The number of rotatable bonds is 9. The summed E-state index contributed by atoms with van der Waals surface area (Å²) in [5.41, 5.74) is 3.40. The largest absolute Gasteiger partial charge is 0.497 e. The molecule has 0 aliphatic carbocycles. The Labute approximate surface area is 169 Å². The lowest BCUT2D eigenvalue weighted by atomic mass is 10.2. The molecule has 3 aromatic rings. The van der Waals surface area contributed by atoms with Crippen LogP contribution in [0.25, 0.3) is 10.9 Å². The highest BCUT2D eigenvalue weighted by Gasteiger charge is 2.13. The number of nitrogens with zero attached hydrogens (tertiary/aromatic N) is 3. The zero-order valence-corrected chi connectivity index (χ0v) is 16.5. The minimum Gasteiger partial charge on any atom is -0.497 e. The molecule has 8 nitrogen and oxygen atoms in total. The van der Waals surface area contributed by atoms with E-state index in [0.717, 1.165) is 28.2 Å². The monoisotopic (exact) mass is 396 g/mol. The Bertz CT molecular complexity index is 963. The van der Waals surface area contributed by atoms with E-state index in [0.29, 0.717) is 18.9 Å². The molecule has 2 aromatic carbocycles. The number of methoxy groups -OCH3 is 1. The van der Waals surface area contributed by atoms with Crippen molar-refractivity contribution in [2.75, 3.05) is 25.7 Å². The Morgan fingerprint density at radius 1 is 1.14 bits per heavy atom. The van der Waals surface area contributed by atoms with Crippen LogP contribution in [0.5, 0.6) is 5.75 Å². The zero-order valence-electron chi connectivity index (χ0n) is 16.5. The fraction of sp³-hybridized carbons (Fsp3) is 0.286. The number of hydrogen-bond donors (Lipinski definition) is 2. The third kappa shape index (κ3) is 5.18. The van der Waals surface area contributed by atoms with Gasteiger partial charge in [0.15, 0.2) is 5.82 Å². The number of fused-ring (bicyclic) bond motifs is 1. The highest BCUT2D eigenvalue weighted by atomic mass is 16.5. The van der Waals surface area contributed by atoms with E-state index in [-0.39, 0.29) is 13.0 Å². The normalized spacial score (nSPS) is 10.7. The van der Waals surface area contributed by atoms with Crippen molar-refractivity contribution < 1.29 is 19.5 Å². The fourth-order valence-corrected chi connectivity index (χ4v) is 2.91. The van der Waals surface area contributed by atoms with Crippen LogP contribution < -0.4 is 15.1 Å². The van der Waals surface area contributed by atoms with Crippen molar-refractivity contribution in [3.63, 3.8) is 0 Å². The molecule has 8 heteroatoms. The number of para-hydroxylation sites is 1. The first-order valence-electron chi connectivity index (χ1n) is 9.26. The van der Waals surface area contributed by atoms with Crippen LogP contribution in [0.1, 0.15) is 18.7 Å². The van der Waals surface area contributed by atoms with Gasteiger partial charge in [-0.05, 0) is 42.8 Å². The lowest BCUT2D eigenvalue weighted by Gasteiger charge is -2.21. The molecule has 3 rings (SSSR count). The third-order valence-electron chi connectivity index (χ3n) is 4.46. The molecule has 2 N–H and O–H groups in total. The van der Waals surface area contributed by atoms with Crippen molar-refractivity contribution >= 4 is 28.3 Å². The van der Waals surface area contributed by atoms with E-state index in [2.05, 4.69) is 4.98 Å². The summed E-state index contributed by atoms with van der Waals surface area (Å²) in [5.74, 6) is 1.70. The number of anilines is 2. The smallest absolute Gasteiger partial charge is 0.243 e. The number of aromatic nitrogens is 2. The van der Waals surface area contributed by atoms with Gasteiger partial charge >= 0.3 is 0 Å². The van der Waals surface area contributed by atoms with Gasteiger partial charge in [0.1, 0.15) is 18.2 Å². The van der Waals surface area contributed by atoms with Crippen LogP contribution in [0, 0.1) is 0 Å². The molecule has 0 aliphatic heterocycles. The summed E-state index contributed by atoms with van der Waals surface area (Å²) in [6.45, 7) is 0.599. The Morgan fingerprint density at radius 3 is 2.62 bits per heavy atom. The SMILES string of the molecule is COc1ccc(N(C)c2nc(COCCCC(=O)NO)nc3ccccc23)cc1. The summed E-state index contributed by atoms with van der Waals surface area (Å²) in [6, 6.07) is 15.6. The van der Waals surface area contributed by atoms with Gasteiger partial charge < -0.3 is 14.4 Å². The average molecular weight is 396 g/mol. The predicted molar refractivity (Wildman–Crippen MR) is 109 cm³/mol. The average Bonchev–Trinajstić information content (AvgIpc) is 2.77. The fourth-order valence-electron chi connectivity index (χ4n) is 2.91. The van der Waals surface area contributed by atoms with E-state index < -0.39 is 5.91 Å². The topological polar surface area (TPSA) is 96.8 Å². The van der Waals surface area contributed by atoms with Crippen LogP contribution in [0.15, 0.2) is 48.5 Å². The lowest BCUT2D eigenvalue weighted by Crippen LogP contribution is -2.18. The molecule has 0 atom stereocenters. The molecule has 0 saturated carbocycles. The van der Waals surface area contributed by atoms with E-state index in [9.17, 15) is 4.79 Å². The second-order valence-corrected chi connectivity index (χ2v) is 6.43. The molecule has 0 spiro atoms. The van der Waals surface area contributed by atoms with E-state index in [1.165, 1.54) is 0 Å². The number of carbonyl (C=O) groups excluding carboxylic acids is 1. The maximum atomic E-state index is 11.0. The van der Waals surface area contributed by atoms with E-state index in [4.69, 9.17) is 19.7 Å². The molecule has 1 heterocycles. The van der Waals surface area contributed by atoms with Crippen LogP contribution in [-0.2, 0) is 16.1 Å². The van der Waals surface area contributed by atoms with Gasteiger partial charge in [0.05, 0.1) is 12.6 Å². The van der Waals surface area contributed by atoms with Crippen molar-refractivity contribution in [1.29, 1.82) is 0 Å². The predicted octanol–water partition coefficient (Wildman–Crippen LogP) is 3.21. The third-order valence-corrected chi connectivity index (χ3v) is 4.46. The number of carbonyl (C=O) groups is 1. The maximum absolute atomic E-state index is 11.0. The van der Waals surface area contributed by atoms with Gasteiger partial charge in [0.25, 0.3) is 0 Å². The van der Waals surface area contributed by atoms with Crippen LogP contribution in [0.4, 0.5) is 11.5 Å². The number of amides is 1. The number of nitrogens with one attached hydrogen (secondary N) is 1. The minimum absolute atomic E-state index is 0.195. The molecule has 0 unspecified atom stereocenters. The van der Waals surface area contributed by atoms with Gasteiger partial charge in [-0.3, -0.25) is 10.0 Å². The van der Waals surface area contributed by atoms with Crippen LogP contribution in [0.2, 0.25) is 0 Å². The van der Waals surface area contributed by atoms with Gasteiger partial charge in [-0.2, -0.15) is 0 Å². The van der Waals surface area contributed by atoms with Crippen molar-refractivity contribution in [1.82, 2.24) is 15.4 Å². The lowest BCUT2D eigenvalue weighted by molar-refractivity contribution is -0.129. The molecule has 0 radical (unpaired) electrons. The molecule has 29 heavy (non-hydrogen) atoms. The molecule has 0 saturated heterocycles. The second-order valence-electron chi connectivity index (χ2n) is 6.43. The Balaban J connectivity index is 1.79. The summed E-state index contributed by atoms with van der Waals surface area (Å²) in [4.78, 5) is 22.3. The zero-order chi connectivity index (χ0) is 20.6. The van der Waals surface area contributed by atoms with Crippen molar-refractivity contribution in [3.8, 4) is 5.75 Å². The first-order valence-corrected chi connectivity index (χ1v) is 9.26. The Hall–Kier alpha value is -3.23. The van der Waals surface area contributed by atoms with Crippen LogP contribution >= 0.6 is 0 Å². The van der Waals surface area contributed by atoms with E-state index >= 15 is 0 Å². The first-order chi connectivity index (χ1) is 14.1. The number of benzene rings is 2.